The molecule has 4 amide bonds. The Morgan fingerprint density at radius 2 is 1.77 bits per heavy atom. The molecule has 2 saturated heterocycles. The molecule has 0 aromatic heterocycles. The minimum absolute atomic E-state index is 0.0345. The fourth-order valence-electron chi connectivity index (χ4n) is 5.50. The number of amides is 4. The highest BCUT2D eigenvalue weighted by atomic mass is 32.2. The van der Waals surface area contributed by atoms with E-state index in [0.717, 1.165) is 25.7 Å². The lowest BCUT2D eigenvalue weighted by molar-refractivity contribution is -0.141. The van der Waals surface area contributed by atoms with Crippen LogP contribution in [0.1, 0.15) is 91.9 Å². The van der Waals surface area contributed by atoms with Crippen LogP contribution in [0.4, 0.5) is 4.79 Å². The molecular formula is C26H44N4O8S. The van der Waals surface area contributed by atoms with Crippen molar-refractivity contribution in [1.82, 2.24) is 20.3 Å². The van der Waals surface area contributed by atoms with Crippen molar-refractivity contribution in [2.45, 2.75) is 121 Å². The summed E-state index contributed by atoms with van der Waals surface area (Å²) in [7, 11) is -3.85. The van der Waals surface area contributed by atoms with Gasteiger partial charge in [-0.1, -0.05) is 39.0 Å². The van der Waals surface area contributed by atoms with Crippen molar-refractivity contribution in [3.8, 4) is 0 Å². The Bertz CT molecular complexity index is 1040. The second-order valence-corrected chi connectivity index (χ2v) is 13.9. The van der Waals surface area contributed by atoms with Gasteiger partial charge >= 0.3 is 6.09 Å². The Hall–Kier alpha value is -2.41. The van der Waals surface area contributed by atoms with E-state index in [9.17, 15) is 32.7 Å². The summed E-state index contributed by atoms with van der Waals surface area (Å²) in [6, 6.07) is -2.02. The van der Waals surface area contributed by atoms with Crippen molar-refractivity contribution in [3.05, 3.63) is 0 Å². The maximum absolute atomic E-state index is 13.6. The van der Waals surface area contributed by atoms with Crippen LogP contribution in [-0.2, 0) is 29.1 Å². The Morgan fingerprint density at radius 3 is 2.41 bits per heavy atom. The van der Waals surface area contributed by atoms with E-state index in [1.807, 2.05) is 0 Å². The van der Waals surface area contributed by atoms with Gasteiger partial charge in [0.2, 0.25) is 21.8 Å². The van der Waals surface area contributed by atoms with Crippen molar-refractivity contribution in [2.24, 2.45) is 5.92 Å². The van der Waals surface area contributed by atoms with E-state index in [1.54, 1.807) is 27.7 Å². The second-order valence-electron chi connectivity index (χ2n) is 12.1. The molecule has 0 radical (unpaired) electrons. The van der Waals surface area contributed by atoms with Crippen molar-refractivity contribution in [1.29, 1.82) is 0 Å². The van der Waals surface area contributed by atoms with E-state index in [0.29, 0.717) is 32.1 Å². The average molecular weight is 573 g/mol. The van der Waals surface area contributed by atoms with Crippen molar-refractivity contribution < 1.29 is 37.4 Å². The standard InChI is InChI=1S/C26H44N4O8S/c1-5-13-39(36,37)29-23(34)26-15-17(26)11-9-7-6-8-10-12-19(27-24(35)38-25(2,3)4)22(33)30-16-18(31)14-20(30)21(32)28-26/h17-20,31H,5-16H2,1-4H3,(H,27,35)(H,28,32)(H,29,34)/t17-,18-,19+,20+,26-/m1/s1. The molecule has 0 aromatic rings. The predicted octanol–water partition coefficient (Wildman–Crippen LogP) is 1.32. The van der Waals surface area contributed by atoms with E-state index in [4.69, 9.17) is 4.74 Å². The molecule has 1 aliphatic carbocycles. The van der Waals surface area contributed by atoms with Crippen LogP contribution < -0.4 is 15.4 Å². The molecule has 1 saturated carbocycles. The number of hydrogen-bond donors (Lipinski definition) is 4. The largest absolute Gasteiger partial charge is 0.444 e. The third-order valence-corrected chi connectivity index (χ3v) is 8.92. The van der Waals surface area contributed by atoms with Crippen LogP contribution in [-0.4, -0.2) is 83.9 Å². The van der Waals surface area contributed by atoms with Gasteiger partial charge in [-0.2, -0.15) is 0 Å². The van der Waals surface area contributed by atoms with Gasteiger partial charge in [-0.15, -0.1) is 0 Å². The molecule has 2 heterocycles. The highest BCUT2D eigenvalue weighted by molar-refractivity contribution is 7.90. The van der Waals surface area contributed by atoms with Gasteiger partial charge in [0.25, 0.3) is 5.91 Å². The van der Waals surface area contributed by atoms with E-state index in [-0.39, 0.29) is 24.6 Å². The maximum atomic E-state index is 13.6. The molecule has 0 unspecified atom stereocenters. The quantitative estimate of drug-likeness (QED) is 0.382. The molecule has 3 rings (SSSR count). The number of aliphatic hydroxyl groups is 1. The molecule has 5 atom stereocenters. The number of alkyl carbamates (subject to hydrolysis) is 1. The summed E-state index contributed by atoms with van der Waals surface area (Å²) in [5.74, 6) is -2.34. The highest BCUT2D eigenvalue weighted by Gasteiger charge is 2.62. The van der Waals surface area contributed by atoms with Gasteiger partial charge in [-0.05, 0) is 52.4 Å². The van der Waals surface area contributed by atoms with E-state index >= 15 is 0 Å². The summed E-state index contributed by atoms with van der Waals surface area (Å²) < 4.78 is 32.1. The Balaban J connectivity index is 1.85. The first-order valence-corrected chi connectivity index (χ1v) is 15.7. The van der Waals surface area contributed by atoms with E-state index < -0.39 is 63.2 Å². The van der Waals surface area contributed by atoms with Gasteiger partial charge < -0.3 is 25.4 Å². The normalized spacial score (nSPS) is 30.6. The summed E-state index contributed by atoms with van der Waals surface area (Å²) in [6.07, 6.45) is 3.98. The lowest BCUT2D eigenvalue weighted by atomic mass is 10.0. The number of nitrogens with zero attached hydrogens (tertiary/aromatic N) is 1. The number of hydrogen-bond acceptors (Lipinski definition) is 8. The number of rotatable bonds is 5. The number of nitrogens with one attached hydrogen (secondary N) is 3. The number of aliphatic hydroxyl groups excluding tert-OH is 1. The smallest absolute Gasteiger partial charge is 0.408 e. The molecular weight excluding hydrogens is 528 g/mol. The van der Waals surface area contributed by atoms with Crippen LogP contribution in [0.25, 0.3) is 0 Å². The molecule has 3 aliphatic rings. The van der Waals surface area contributed by atoms with Crippen molar-refractivity contribution >= 4 is 33.8 Å². The minimum atomic E-state index is -3.85. The predicted molar refractivity (Wildman–Crippen MR) is 143 cm³/mol. The van der Waals surface area contributed by atoms with Crippen LogP contribution in [0.2, 0.25) is 0 Å². The van der Waals surface area contributed by atoms with Gasteiger partial charge in [0, 0.05) is 13.0 Å². The molecule has 2 aliphatic heterocycles. The SMILES string of the molecule is CCCS(=O)(=O)NC(=O)[C@@]12C[C@H]1CCCCCCC[C@H](NC(=O)OC(C)(C)C)C(=O)N1C[C@H](O)C[C@H]1C(=O)N2. The summed E-state index contributed by atoms with van der Waals surface area (Å²) in [4.78, 5) is 54.1. The third kappa shape index (κ3) is 8.29. The lowest BCUT2D eigenvalue weighted by Crippen LogP contribution is -2.58. The lowest BCUT2D eigenvalue weighted by Gasteiger charge is -2.30. The summed E-state index contributed by atoms with van der Waals surface area (Å²) in [5.41, 5.74) is -2.14. The first kappa shape index (κ1) is 31.1. The van der Waals surface area contributed by atoms with Crippen LogP contribution in [0, 0.1) is 5.92 Å². The van der Waals surface area contributed by atoms with Gasteiger partial charge in [-0.3, -0.25) is 19.1 Å². The van der Waals surface area contributed by atoms with Crippen molar-refractivity contribution in [3.63, 3.8) is 0 Å². The van der Waals surface area contributed by atoms with Crippen LogP contribution in [0.3, 0.4) is 0 Å². The zero-order valence-electron chi connectivity index (χ0n) is 23.5. The van der Waals surface area contributed by atoms with E-state index in [2.05, 4.69) is 15.4 Å². The molecule has 4 N–H and O–H groups in total. The Kier molecular flexibility index (Phi) is 9.90. The second kappa shape index (κ2) is 12.4. The van der Waals surface area contributed by atoms with Gasteiger partial charge in [-0.25, -0.2) is 13.2 Å². The Morgan fingerprint density at radius 1 is 1.13 bits per heavy atom. The topological polar surface area (TPSA) is 171 Å². The number of fused-ring (bicyclic) bond motifs is 2. The average Bonchev–Trinajstić information content (AvgIpc) is 3.35. The number of carbonyl (C=O) groups excluding carboxylic acids is 4. The van der Waals surface area contributed by atoms with Crippen LogP contribution in [0.15, 0.2) is 0 Å². The first-order chi connectivity index (χ1) is 18.2. The van der Waals surface area contributed by atoms with Gasteiger partial charge in [0.1, 0.15) is 23.2 Å². The zero-order valence-corrected chi connectivity index (χ0v) is 24.3. The number of carbonyl (C=O) groups is 4. The molecule has 222 valence electrons. The maximum Gasteiger partial charge on any atom is 0.408 e. The molecule has 0 bridgehead atoms. The fourth-order valence-corrected chi connectivity index (χ4v) is 6.61. The van der Waals surface area contributed by atoms with Crippen molar-refractivity contribution in [2.75, 3.05) is 12.3 Å². The summed E-state index contributed by atoms with van der Waals surface area (Å²) in [5, 5.41) is 15.8. The van der Waals surface area contributed by atoms with Gasteiger partial charge in [0.05, 0.1) is 11.9 Å². The summed E-state index contributed by atoms with van der Waals surface area (Å²) >= 11 is 0. The van der Waals surface area contributed by atoms with Crippen LogP contribution in [0.5, 0.6) is 0 Å². The molecule has 0 spiro atoms. The summed E-state index contributed by atoms with van der Waals surface area (Å²) in [6.45, 7) is 6.73. The molecule has 3 fully saturated rings. The number of sulfonamides is 1. The van der Waals surface area contributed by atoms with Crippen LogP contribution >= 0.6 is 0 Å². The number of ether oxygens (including phenoxy) is 1. The van der Waals surface area contributed by atoms with E-state index in [1.165, 1.54) is 4.90 Å². The fraction of sp³-hybridized carbons (Fsp3) is 0.846. The molecule has 13 heteroatoms. The molecule has 39 heavy (non-hydrogen) atoms. The Labute approximate surface area is 231 Å². The third-order valence-electron chi connectivity index (χ3n) is 7.48. The monoisotopic (exact) mass is 572 g/mol. The van der Waals surface area contributed by atoms with Gasteiger partial charge in [0.15, 0.2) is 0 Å². The first-order valence-electron chi connectivity index (χ1n) is 14.0. The zero-order chi connectivity index (χ0) is 29.0. The minimum Gasteiger partial charge on any atom is -0.444 e. The highest BCUT2D eigenvalue weighted by Crippen LogP contribution is 2.47. The molecule has 12 nitrogen and oxygen atoms in total. The molecule has 0 aromatic carbocycles.